The summed E-state index contributed by atoms with van der Waals surface area (Å²) in [6.07, 6.45) is 0.414. The van der Waals surface area contributed by atoms with E-state index in [1.165, 1.54) is 0 Å². The van der Waals surface area contributed by atoms with E-state index in [1.807, 2.05) is 72.8 Å². The van der Waals surface area contributed by atoms with E-state index in [0.717, 1.165) is 55.6 Å². The van der Waals surface area contributed by atoms with Crippen LogP contribution in [0, 0.1) is 0 Å². The highest BCUT2D eigenvalue weighted by atomic mass is 35.5. The lowest BCUT2D eigenvalue weighted by Gasteiger charge is -2.31. The number of carboxylic acids is 2. The van der Waals surface area contributed by atoms with Gasteiger partial charge >= 0.3 is 11.9 Å². The highest BCUT2D eigenvalue weighted by Crippen LogP contribution is 2.43. The van der Waals surface area contributed by atoms with E-state index in [1.54, 1.807) is 9.80 Å². The second-order valence-corrected chi connectivity index (χ2v) is 13.5. The smallest absolute Gasteiger partial charge is 0.305 e. The fourth-order valence-corrected chi connectivity index (χ4v) is 7.45. The van der Waals surface area contributed by atoms with Gasteiger partial charge < -0.3 is 31.5 Å². The van der Waals surface area contributed by atoms with E-state index in [2.05, 4.69) is 0 Å². The fraction of sp³-hybridized carbons (Fsp3) is 0.263. The lowest BCUT2D eigenvalue weighted by atomic mass is 9.91. The van der Waals surface area contributed by atoms with Gasteiger partial charge in [0.25, 0.3) is 0 Å². The molecular weight excluding hydrogens is 679 g/mol. The van der Waals surface area contributed by atoms with Crippen LogP contribution in [0.15, 0.2) is 72.8 Å². The van der Waals surface area contributed by atoms with E-state index >= 15 is 0 Å². The Labute approximate surface area is 299 Å². The molecule has 2 atom stereocenters. The Hall–Kier alpha value is -4.74. The van der Waals surface area contributed by atoms with Gasteiger partial charge in [-0.2, -0.15) is 0 Å². The van der Waals surface area contributed by atoms with Crippen molar-refractivity contribution in [2.75, 3.05) is 13.1 Å². The number of nitrogens with zero attached hydrogens (tertiary/aromatic N) is 2. The Morgan fingerprint density at radius 2 is 0.980 bits per heavy atom. The first-order chi connectivity index (χ1) is 23.9. The van der Waals surface area contributed by atoms with Gasteiger partial charge in [0.2, 0.25) is 11.8 Å². The molecule has 0 radical (unpaired) electrons. The van der Waals surface area contributed by atoms with Gasteiger partial charge in [0.1, 0.15) is 0 Å². The number of hydrogen-bond donors (Lipinski definition) is 4. The molecule has 0 aromatic heterocycles. The minimum atomic E-state index is -1.12. The van der Waals surface area contributed by atoms with Gasteiger partial charge in [-0.25, -0.2) is 0 Å². The molecule has 258 valence electrons. The Morgan fingerprint density at radius 3 is 1.36 bits per heavy atom. The molecule has 4 aromatic carbocycles. The first-order valence-electron chi connectivity index (χ1n) is 16.2. The van der Waals surface area contributed by atoms with Crippen LogP contribution in [-0.4, -0.2) is 68.9 Å². The Kier molecular flexibility index (Phi) is 10.3. The topological polar surface area (TPSA) is 167 Å². The van der Waals surface area contributed by atoms with Crippen molar-refractivity contribution in [3.8, 4) is 33.4 Å². The summed E-state index contributed by atoms with van der Waals surface area (Å²) in [5, 5.41) is 19.2. The molecule has 0 bridgehead atoms. The van der Waals surface area contributed by atoms with Crippen molar-refractivity contribution >= 4 is 47.0 Å². The molecule has 2 amide bonds. The quantitative estimate of drug-likeness (QED) is 0.180. The predicted octanol–water partition coefficient (Wildman–Crippen LogP) is 5.37. The number of nitrogens with two attached hydrogens (primary N) is 2. The van der Waals surface area contributed by atoms with Crippen LogP contribution in [0.5, 0.6) is 0 Å². The lowest BCUT2D eigenvalue weighted by molar-refractivity contribution is -0.142. The van der Waals surface area contributed by atoms with Gasteiger partial charge in [0, 0.05) is 48.4 Å². The minimum Gasteiger partial charge on any atom is -0.481 e. The highest BCUT2D eigenvalue weighted by Gasteiger charge is 2.28. The van der Waals surface area contributed by atoms with Crippen LogP contribution in [0.4, 0.5) is 0 Å². The van der Waals surface area contributed by atoms with Gasteiger partial charge in [-0.15, -0.1) is 0 Å². The average molecular weight is 716 g/mol. The molecule has 6 N–H and O–H groups in total. The number of carbonyl (C=O) groups excluding carboxylic acids is 2. The third-order valence-electron chi connectivity index (χ3n) is 9.39. The number of aliphatic carboxylic acids is 2. The Morgan fingerprint density at radius 1 is 0.600 bits per heavy atom. The SMILES string of the molecule is NC(CC(=O)O)C(=O)N1CCc2ccc(-c3cccc(-c4cccc(-c5ccc6c(c5)CN(C(=O)C(N)CC(=O)O)CC6)c4Cl)c3Cl)cc2C1. The Balaban J connectivity index is 1.27. The van der Waals surface area contributed by atoms with Crippen molar-refractivity contribution in [1.29, 1.82) is 0 Å². The van der Waals surface area contributed by atoms with Crippen LogP contribution in [0.2, 0.25) is 10.0 Å². The third-order valence-corrected chi connectivity index (χ3v) is 10.2. The van der Waals surface area contributed by atoms with E-state index in [-0.39, 0.29) is 11.8 Å². The zero-order valence-electron chi connectivity index (χ0n) is 27.1. The summed E-state index contributed by atoms with van der Waals surface area (Å²) in [7, 11) is 0. The zero-order valence-corrected chi connectivity index (χ0v) is 28.6. The first kappa shape index (κ1) is 35.1. The van der Waals surface area contributed by atoms with Crippen LogP contribution in [0.3, 0.4) is 0 Å². The van der Waals surface area contributed by atoms with E-state index in [4.69, 9.17) is 44.9 Å². The van der Waals surface area contributed by atoms with Gasteiger partial charge in [-0.3, -0.25) is 19.2 Å². The number of halogens is 2. The van der Waals surface area contributed by atoms with Gasteiger partial charge in [-0.1, -0.05) is 83.9 Å². The van der Waals surface area contributed by atoms with Crippen LogP contribution >= 0.6 is 23.2 Å². The molecule has 2 heterocycles. The van der Waals surface area contributed by atoms with Crippen molar-refractivity contribution in [2.45, 2.75) is 50.9 Å². The summed E-state index contributed by atoms with van der Waals surface area (Å²) in [6, 6.07) is 21.4. The molecule has 0 aliphatic carbocycles. The van der Waals surface area contributed by atoms with Crippen LogP contribution in [0.25, 0.3) is 33.4 Å². The molecule has 2 aliphatic heterocycles. The molecule has 2 aliphatic rings. The maximum absolute atomic E-state index is 12.9. The first-order valence-corrected chi connectivity index (χ1v) is 17.0. The summed E-state index contributed by atoms with van der Waals surface area (Å²) in [5.41, 5.74) is 20.7. The van der Waals surface area contributed by atoms with Crippen molar-refractivity contribution < 1.29 is 29.4 Å². The minimum absolute atomic E-state index is 0.322. The van der Waals surface area contributed by atoms with E-state index in [0.29, 0.717) is 49.1 Å². The summed E-state index contributed by atoms with van der Waals surface area (Å²) in [6.45, 7) is 1.57. The monoisotopic (exact) mass is 714 g/mol. The number of hydrogen-bond acceptors (Lipinski definition) is 6. The van der Waals surface area contributed by atoms with E-state index < -0.39 is 36.9 Å². The van der Waals surface area contributed by atoms with Crippen LogP contribution < -0.4 is 11.5 Å². The van der Waals surface area contributed by atoms with Gasteiger partial charge in [0.05, 0.1) is 35.0 Å². The summed E-state index contributed by atoms with van der Waals surface area (Å²) in [4.78, 5) is 51.1. The zero-order chi connectivity index (χ0) is 35.7. The van der Waals surface area contributed by atoms with Crippen molar-refractivity contribution in [1.82, 2.24) is 9.80 Å². The summed E-state index contributed by atoms with van der Waals surface area (Å²) >= 11 is 14.2. The normalized spacial score (nSPS) is 15.1. The highest BCUT2D eigenvalue weighted by molar-refractivity contribution is 6.39. The molecule has 0 fully saturated rings. The molecule has 0 spiro atoms. The molecule has 50 heavy (non-hydrogen) atoms. The van der Waals surface area contributed by atoms with Crippen molar-refractivity contribution in [2.24, 2.45) is 11.5 Å². The van der Waals surface area contributed by atoms with Crippen molar-refractivity contribution in [3.63, 3.8) is 0 Å². The summed E-state index contributed by atoms with van der Waals surface area (Å²) in [5.74, 6) is -3.00. The molecule has 6 rings (SSSR count). The maximum Gasteiger partial charge on any atom is 0.305 e. The standard InChI is InChI=1S/C38H36Cl2N4O6/c39-35-27(23-9-7-21-11-13-43(19-25(21)15-23)37(49)31(41)17-33(45)46)3-1-5-29(35)30-6-2-4-28(36(30)40)24-10-8-22-12-14-44(20-26(22)16-24)38(50)32(42)18-34(47)48/h1-10,15-16,31-32H,11-14,17-20,41-42H2,(H,45,46)(H,47,48). The largest absolute Gasteiger partial charge is 0.481 e. The molecular formula is C38H36Cl2N4O6. The predicted molar refractivity (Wildman–Crippen MR) is 191 cm³/mol. The number of benzene rings is 4. The second kappa shape index (κ2) is 14.6. The number of carbonyl (C=O) groups is 4. The van der Waals surface area contributed by atoms with Crippen molar-refractivity contribution in [3.05, 3.63) is 105 Å². The van der Waals surface area contributed by atoms with Crippen LogP contribution in [0.1, 0.15) is 35.1 Å². The number of amides is 2. The number of carboxylic acid groups (broad SMARTS) is 2. The molecule has 2 unspecified atom stereocenters. The Bertz CT molecular complexity index is 1870. The fourth-order valence-electron chi connectivity index (χ4n) is 6.77. The molecule has 0 saturated heterocycles. The molecule has 10 nitrogen and oxygen atoms in total. The van der Waals surface area contributed by atoms with E-state index in [9.17, 15) is 19.2 Å². The molecule has 0 saturated carbocycles. The number of rotatable bonds is 9. The lowest BCUT2D eigenvalue weighted by Crippen LogP contribution is -2.46. The average Bonchev–Trinajstić information content (AvgIpc) is 3.09. The van der Waals surface area contributed by atoms with Crippen LogP contribution in [-0.2, 0) is 45.1 Å². The molecule has 12 heteroatoms. The molecule has 4 aromatic rings. The number of fused-ring (bicyclic) bond motifs is 2. The third kappa shape index (κ3) is 7.25. The summed E-state index contributed by atoms with van der Waals surface area (Å²) < 4.78 is 0. The maximum atomic E-state index is 12.9. The second-order valence-electron chi connectivity index (χ2n) is 12.7. The van der Waals surface area contributed by atoms with Gasteiger partial charge in [0.15, 0.2) is 0 Å². The van der Waals surface area contributed by atoms with Gasteiger partial charge in [-0.05, 0) is 58.4 Å².